The summed E-state index contributed by atoms with van der Waals surface area (Å²) in [5.74, 6) is -0.0643. The number of anilines is 1. The highest BCUT2D eigenvalue weighted by Gasteiger charge is 2.15. The Balaban J connectivity index is 1.95. The number of benzene rings is 1. The first kappa shape index (κ1) is 14.8. The fraction of sp³-hybridized carbons (Fsp3) is 0.250. The summed E-state index contributed by atoms with van der Waals surface area (Å²) in [6.45, 7) is 0.473. The number of carbonyl (C=O) groups is 1. The van der Waals surface area contributed by atoms with Crippen LogP contribution < -0.4 is 10.5 Å². The number of nitrogens with two attached hydrogens (primary N) is 1. The Kier molecular flexibility index (Phi) is 5.15. The predicted octanol–water partition coefficient (Wildman–Crippen LogP) is 2.46. The monoisotopic (exact) mass is 286 g/mol. The molecular formula is C16H18N2O3. The van der Waals surface area contributed by atoms with Crippen molar-refractivity contribution in [3.05, 3.63) is 53.9 Å². The molecule has 0 aliphatic rings. The number of hydrogen-bond donors (Lipinski definition) is 1. The predicted molar refractivity (Wildman–Crippen MR) is 80.2 cm³/mol. The number of rotatable bonds is 6. The number of carbonyl (C=O) groups excluding carboxylic acids is 1. The molecule has 2 N–H and O–H groups in total. The molecule has 0 amide bonds. The Morgan fingerprint density at radius 3 is 2.71 bits per heavy atom. The third-order valence-corrected chi connectivity index (χ3v) is 3.06. The van der Waals surface area contributed by atoms with Crippen molar-refractivity contribution in [1.29, 1.82) is 0 Å². The molecule has 0 bridgehead atoms. The number of nitrogens with zero attached hydrogens (tertiary/aromatic N) is 1. The summed E-state index contributed by atoms with van der Waals surface area (Å²) >= 11 is 0. The van der Waals surface area contributed by atoms with E-state index in [2.05, 4.69) is 4.98 Å². The van der Waals surface area contributed by atoms with Crippen LogP contribution in [0.25, 0.3) is 0 Å². The van der Waals surface area contributed by atoms with Crippen molar-refractivity contribution in [1.82, 2.24) is 4.98 Å². The van der Waals surface area contributed by atoms with Crippen molar-refractivity contribution < 1.29 is 14.3 Å². The third kappa shape index (κ3) is 3.95. The van der Waals surface area contributed by atoms with Gasteiger partial charge in [-0.25, -0.2) is 4.79 Å². The number of methoxy groups -OCH3 is 1. The van der Waals surface area contributed by atoms with Gasteiger partial charge in [0.05, 0.1) is 19.4 Å². The second kappa shape index (κ2) is 7.28. The minimum atomic E-state index is -0.452. The molecule has 2 aromatic rings. The van der Waals surface area contributed by atoms with Gasteiger partial charge in [-0.1, -0.05) is 6.07 Å². The lowest BCUT2D eigenvalue weighted by molar-refractivity contribution is 0.0596. The molecule has 0 radical (unpaired) electrons. The van der Waals surface area contributed by atoms with Crippen LogP contribution in [0.3, 0.4) is 0 Å². The molecule has 5 nitrogen and oxygen atoms in total. The Hall–Kier alpha value is -2.56. The fourth-order valence-electron chi connectivity index (χ4n) is 1.99. The van der Waals surface area contributed by atoms with Crippen LogP contribution in [0.1, 0.15) is 22.3 Å². The van der Waals surface area contributed by atoms with Crippen LogP contribution in [0, 0.1) is 0 Å². The van der Waals surface area contributed by atoms with Gasteiger partial charge in [0.15, 0.2) is 5.75 Å². The van der Waals surface area contributed by atoms with Crippen LogP contribution >= 0.6 is 0 Å². The average Bonchev–Trinajstić information content (AvgIpc) is 2.53. The largest absolute Gasteiger partial charge is 0.491 e. The molecule has 2 rings (SSSR count). The maximum Gasteiger partial charge on any atom is 0.341 e. The maximum atomic E-state index is 11.7. The highest BCUT2D eigenvalue weighted by molar-refractivity contribution is 5.94. The van der Waals surface area contributed by atoms with E-state index in [1.807, 2.05) is 12.1 Å². The summed E-state index contributed by atoms with van der Waals surface area (Å²) in [6.07, 6.45) is 5.23. The zero-order valence-corrected chi connectivity index (χ0v) is 11.9. The molecular weight excluding hydrogens is 268 g/mol. The van der Waals surface area contributed by atoms with Crippen molar-refractivity contribution in [3.63, 3.8) is 0 Å². The number of aryl methyl sites for hydroxylation is 1. The summed E-state index contributed by atoms with van der Waals surface area (Å²) in [7, 11) is 1.33. The number of hydrogen-bond acceptors (Lipinski definition) is 5. The second-order valence-corrected chi connectivity index (χ2v) is 4.52. The van der Waals surface area contributed by atoms with E-state index in [9.17, 15) is 4.79 Å². The van der Waals surface area contributed by atoms with Gasteiger partial charge >= 0.3 is 5.97 Å². The summed E-state index contributed by atoms with van der Waals surface area (Å²) in [5.41, 5.74) is 7.84. The maximum absolute atomic E-state index is 11.7. The van der Waals surface area contributed by atoms with Gasteiger partial charge in [0.2, 0.25) is 0 Å². The highest BCUT2D eigenvalue weighted by Crippen LogP contribution is 2.27. The smallest absolute Gasteiger partial charge is 0.341 e. The quantitative estimate of drug-likeness (QED) is 0.501. The SMILES string of the molecule is COC(=O)c1cccc(N)c1OCCCc1ccncc1. The van der Waals surface area contributed by atoms with Crippen LogP contribution in [-0.2, 0) is 11.2 Å². The molecule has 1 aromatic carbocycles. The lowest BCUT2D eigenvalue weighted by Gasteiger charge is -2.12. The van der Waals surface area contributed by atoms with E-state index in [1.165, 1.54) is 12.7 Å². The number of nitrogen functional groups attached to an aromatic ring is 1. The van der Waals surface area contributed by atoms with Crippen LogP contribution in [0.5, 0.6) is 5.75 Å². The van der Waals surface area contributed by atoms with E-state index in [4.69, 9.17) is 15.2 Å². The molecule has 5 heteroatoms. The fourth-order valence-corrected chi connectivity index (χ4v) is 1.99. The van der Waals surface area contributed by atoms with Crippen molar-refractivity contribution in [2.45, 2.75) is 12.8 Å². The van der Waals surface area contributed by atoms with Crippen LogP contribution in [0.15, 0.2) is 42.7 Å². The van der Waals surface area contributed by atoms with E-state index < -0.39 is 5.97 Å². The molecule has 110 valence electrons. The van der Waals surface area contributed by atoms with Gasteiger partial charge in [-0.05, 0) is 42.7 Å². The first-order valence-electron chi connectivity index (χ1n) is 6.71. The number of pyridine rings is 1. The molecule has 1 heterocycles. The first-order valence-corrected chi connectivity index (χ1v) is 6.71. The molecule has 0 saturated heterocycles. The van der Waals surface area contributed by atoms with Gasteiger partial charge in [-0.3, -0.25) is 4.98 Å². The Labute approximate surface area is 123 Å². The Morgan fingerprint density at radius 2 is 2.00 bits per heavy atom. The highest BCUT2D eigenvalue weighted by atomic mass is 16.5. The van der Waals surface area contributed by atoms with E-state index in [1.54, 1.807) is 30.6 Å². The van der Waals surface area contributed by atoms with Crippen molar-refractivity contribution in [3.8, 4) is 5.75 Å². The van der Waals surface area contributed by atoms with E-state index in [-0.39, 0.29) is 0 Å². The van der Waals surface area contributed by atoms with Crippen molar-refractivity contribution >= 4 is 11.7 Å². The average molecular weight is 286 g/mol. The number of para-hydroxylation sites is 1. The van der Waals surface area contributed by atoms with Gasteiger partial charge in [0.25, 0.3) is 0 Å². The number of esters is 1. The van der Waals surface area contributed by atoms with E-state index >= 15 is 0 Å². The molecule has 0 aliphatic heterocycles. The minimum Gasteiger partial charge on any atom is -0.491 e. The van der Waals surface area contributed by atoms with Crippen LogP contribution in [0.4, 0.5) is 5.69 Å². The van der Waals surface area contributed by atoms with Gasteiger partial charge in [-0.15, -0.1) is 0 Å². The molecule has 0 spiro atoms. The summed E-state index contributed by atoms with van der Waals surface area (Å²) in [5, 5.41) is 0. The molecule has 0 aliphatic carbocycles. The number of aromatic nitrogens is 1. The molecule has 21 heavy (non-hydrogen) atoms. The minimum absolute atomic E-state index is 0.349. The van der Waals surface area contributed by atoms with Crippen molar-refractivity contribution in [2.75, 3.05) is 19.5 Å². The Bertz CT molecular complexity index is 600. The summed E-state index contributed by atoms with van der Waals surface area (Å²) in [6, 6.07) is 8.98. The first-order chi connectivity index (χ1) is 10.2. The zero-order valence-electron chi connectivity index (χ0n) is 11.9. The third-order valence-electron chi connectivity index (χ3n) is 3.06. The van der Waals surface area contributed by atoms with Gasteiger partial charge < -0.3 is 15.2 Å². The molecule has 0 saturated carbocycles. The normalized spacial score (nSPS) is 10.1. The summed E-state index contributed by atoms with van der Waals surface area (Å²) < 4.78 is 10.4. The van der Waals surface area contributed by atoms with Gasteiger partial charge in [0.1, 0.15) is 5.56 Å². The van der Waals surface area contributed by atoms with E-state index in [0.29, 0.717) is 23.6 Å². The van der Waals surface area contributed by atoms with Crippen molar-refractivity contribution in [2.24, 2.45) is 0 Å². The Morgan fingerprint density at radius 1 is 1.24 bits per heavy atom. The van der Waals surface area contributed by atoms with Gasteiger partial charge in [-0.2, -0.15) is 0 Å². The molecule has 0 fully saturated rings. The van der Waals surface area contributed by atoms with Gasteiger partial charge in [0, 0.05) is 12.4 Å². The lowest BCUT2D eigenvalue weighted by atomic mass is 10.1. The molecule has 0 atom stereocenters. The second-order valence-electron chi connectivity index (χ2n) is 4.52. The zero-order chi connectivity index (χ0) is 15.1. The van der Waals surface area contributed by atoms with Crippen LogP contribution in [-0.4, -0.2) is 24.7 Å². The lowest BCUT2D eigenvalue weighted by Crippen LogP contribution is -2.09. The van der Waals surface area contributed by atoms with Crippen LogP contribution in [0.2, 0.25) is 0 Å². The number of ether oxygens (including phenoxy) is 2. The van der Waals surface area contributed by atoms with E-state index in [0.717, 1.165) is 12.8 Å². The summed E-state index contributed by atoms with van der Waals surface area (Å²) in [4.78, 5) is 15.6. The molecule has 1 aromatic heterocycles. The topological polar surface area (TPSA) is 74.4 Å². The standard InChI is InChI=1S/C16H18N2O3/c1-20-16(19)13-5-2-6-14(17)15(13)21-11-3-4-12-7-9-18-10-8-12/h2,5-10H,3-4,11,17H2,1H3. The molecule has 0 unspecified atom stereocenters.